The molecule has 8 heteroatoms. The largest absolute Gasteiger partial charge is 0.338 e. The molecule has 0 spiro atoms. The number of carbonyl (C=O) groups is 1. The number of fused-ring (bicyclic) bond motifs is 1. The molecule has 2 aromatic heterocycles. The van der Waals surface area contributed by atoms with Crippen LogP contribution in [0.15, 0.2) is 47.8 Å². The standard InChI is InChI=1S/C19H20N6OS/c1-14-18(23-16-6-3-2-5-15(16)22-14)27-13-17(26)24-9-11-25(12-10-24)19-20-7-4-8-21-19/h2-8H,9-13H2,1H3. The van der Waals surface area contributed by atoms with Crippen LogP contribution < -0.4 is 4.90 Å². The van der Waals surface area contributed by atoms with Crippen LogP contribution in [-0.2, 0) is 4.79 Å². The summed E-state index contributed by atoms with van der Waals surface area (Å²) in [6.07, 6.45) is 3.48. The van der Waals surface area contributed by atoms with Gasteiger partial charge < -0.3 is 9.80 Å². The predicted octanol–water partition coefficient (Wildman–Crippen LogP) is 2.17. The minimum Gasteiger partial charge on any atom is -0.338 e. The number of nitrogens with zero attached hydrogens (tertiary/aromatic N) is 6. The Bertz CT molecular complexity index is 943. The fourth-order valence-electron chi connectivity index (χ4n) is 3.04. The smallest absolute Gasteiger partial charge is 0.233 e. The minimum absolute atomic E-state index is 0.128. The maximum Gasteiger partial charge on any atom is 0.233 e. The van der Waals surface area contributed by atoms with Gasteiger partial charge in [0.2, 0.25) is 11.9 Å². The quantitative estimate of drug-likeness (QED) is 0.642. The van der Waals surface area contributed by atoms with E-state index in [1.807, 2.05) is 36.1 Å². The van der Waals surface area contributed by atoms with Gasteiger partial charge in [0, 0.05) is 38.6 Å². The maximum atomic E-state index is 12.6. The van der Waals surface area contributed by atoms with Crippen molar-refractivity contribution in [3.05, 3.63) is 48.4 Å². The Labute approximate surface area is 161 Å². The van der Waals surface area contributed by atoms with E-state index in [4.69, 9.17) is 0 Å². The molecule has 1 saturated heterocycles. The molecule has 0 unspecified atom stereocenters. The lowest BCUT2D eigenvalue weighted by Crippen LogP contribution is -2.49. The summed E-state index contributed by atoms with van der Waals surface area (Å²) in [5, 5.41) is 0.818. The van der Waals surface area contributed by atoms with Crippen molar-refractivity contribution in [2.45, 2.75) is 11.9 Å². The first-order valence-corrected chi connectivity index (χ1v) is 9.85. The van der Waals surface area contributed by atoms with Crippen molar-refractivity contribution in [3.63, 3.8) is 0 Å². The fraction of sp³-hybridized carbons (Fsp3) is 0.316. The molecule has 0 N–H and O–H groups in total. The number of amides is 1. The van der Waals surface area contributed by atoms with Gasteiger partial charge >= 0.3 is 0 Å². The number of hydrogen-bond acceptors (Lipinski definition) is 7. The maximum absolute atomic E-state index is 12.6. The van der Waals surface area contributed by atoms with Crippen LogP contribution in [0.4, 0.5) is 5.95 Å². The second-order valence-electron chi connectivity index (χ2n) is 6.31. The molecule has 0 aliphatic carbocycles. The third-order valence-electron chi connectivity index (χ3n) is 4.50. The lowest BCUT2D eigenvalue weighted by Gasteiger charge is -2.34. The Morgan fingerprint density at radius 2 is 1.67 bits per heavy atom. The van der Waals surface area contributed by atoms with Crippen molar-refractivity contribution >= 4 is 34.7 Å². The molecule has 27 heavy (non-hydrogen) atoms. The summed E-state index contributed by atoms with van der Waals surface area (Å²) in [4.78, 5) is 34.4. The zero-order valence-corrected chi connectivity index (χ0v) is 15.9. The van der Waals surface area contributed by atoms with Crippen molar-refractivity contribution in [2.75, 3.05) is 36.8 Å². The van der Waals surface area contributed by atoms with Crippen molar-refractivity contribution in [3.8, 4) is 0 Å². The summed E-state index contributed by atoms with van der Waals surface area (Å²) >= 11 is 1.46. The van der Waals surface area contributed by atoms with Crippen LogP contribution in [0.2, 0.25) is 0 Å². The number of benzene rings is 1. The Hall–Kier alpha value is -2.74. The van der Waals surface area contributed by atoms with Crippen LogP contribution in [-0.4, -0.2) is 62.7 Å². The first-order chi connectivity index (χ1) is 13.2. The van der Waals surface area contributed by atoms with E-state index in [2.05, 4.69) is 24.8 Å². The van der Waals surface area contributed by atoms with Gasteiger partial charge in [-0.3, -0.25) is 4.79 Å². The highest BCUT2D eigenvalue weighted by atomic mass is 32.2. The van der Waals surface area contributed by atoms with E-state index in [0.717, 1.165) is 40.8 Å². The Balaban J connectivity index is 1.34. The molecule has 1 fully saturated rings. The Morgan fingerprint density at radius 3 is 2.37 bits per heavy atom. The average Bonchev–Trinajstić information content (AvgIpc) is 2.73. The van der Waals surface area contributed by atoms with E-state index in [1.54, 1.807) is 18.5 Å². The summed E-state index contributed by atoms with van der Waals surface area (Å²) in [6.45, 7) is 4.79. The molecule has 0 radical (unpaired) electrons. The first-order valence-electron chi connectivity index (χ1n) is 8.86. The van der Waals surface area contributed by atoms with Gasteiger partial charge in [0.25, 0.3) is 0 Å². The van der Waals surface area contributed by atoms with Gasteiger partial charge in [0.05, 0.1) is 22.5 Å². The third kappa shape index (κ3) is 4.00. The van der Waals surface area contributed by atoms with Crippen LogP contribution in [0.25, 0.3) is 11.0 Å². The number of para-hydroxylation sites is 2. The van der Waals surface area contributed by atoms with E-state index in [0.29, 0.717) is 18.8 Å². The summed E-state index contributed by atoms with van der Waals surface area (Å²) in [7, 11) is 0. The van der Waals surface area contributed by atoms with Crippen molar-refractivity contribution in [1.29, 1.82) is 0 Å². The summed E-state index contributed by atoms with van der Waals surface area (Å²) < 4.78 is 0. The molecule has 1 amide bonds. The van der Waals surface area contributed by atoms with Crippen molar-refractivity contribution < 1.29 is 4.79 Å². The van der Waals surface area contributed by atoms with Crippen LogP contribution in [0.5, 0.6) is 0 Å². The van der Waals surface area contributed by atoms with Gasteiger partial charge in [-0.25, -0.2) is 19.9 Å². The highest BCUT2D eigenvalue weighted by molar-refractivity contribution is 7.99. The molecule has 138 valence electrons. The Kier molecular flexibility index (Phi) is 5.15. The van der Waals surface area contributed by atoms with E-state index in [-0.39, 0.29) is 5.91 Å². The number of anilines is 1. The number of thioether (sulfide) groups is 1. The minimum atomic E-state index is 0.128. The topological polar surface area (TPSA) is 75.1 Å². The second kappa shape index (κ2) is 7.87. The van der Waals surface area contributed by atoms with Gasteiger partial charge in [-0.05, 0) is 25.1 Å². The predicted molar refractivity (Wildman–Crippen MR) is 106 cm³/mol. The SMILES string of the molecule is Cc1nc2ccccc2nc1SCC(=O)N1CCN(c2ncccn2)CC1. The summed E-state index contributed by atoms with van der Waals surface area (Å²) in [5.74, 6) is 1.22. The lowest BCUT2D eigenvalue weighted by molar-refractivity contribution is -0.128. The van der Waals surface area contributed by atoms with Crippen LogP contribution in [0, 0.1) is 6.92 Å². The zero-order valence-electron chi connectivity index (χ0n) is 15.1. The van der Waals surface area contributed by atoms with Crippen LogP contribution in [0.3, 0.4) is 0 Å². The molecule has 0 saturated carbocycles. The molecule has 3 heterocycles. The normalized spacial score (nSPS) is 14.6. The molecule has 1 aliphatic rings. The third-order valence-corrected chi connectivity index (χ3v) is 5.55. The first kappa shape index (κ1) is 17.7. The van der Waals surface area contributed by atoms with E-state index >= 15 is 0 Å². The molecular weight excluding hydrogens is 360 g/mol. The zero-order chi connectivity index (χ0) is 18.6. The molecule has 1 aliphatic heterocycles. The molecule has 0 atom stereocenters. The molecule has 7 nitrogen and oxygen atoms in total. The van der Waals surface area contributed by atoms with Crippen molar-refractivity contribution in [1.82, 2.24) is 24.8 Å². The molecular formula is C19H20N6OS. The summed E-state index contributed by atoms with van der Waals surface area (Å²) in [6, 6.07) is 9.59. The number of carbonyl (C=O) groups excluding carboxylic acids is 1. The van der Waals surface area contributed by atoms with Gasteiger partial charge in [-0.2, -0.15) is 0 Å². The van der Waals surface area contributed by atoms with Crippen LogP contribution >= 0.6 is 11.8 Å². The molecule has 4 rings (SSSR count). The molecule has 1 aromatic carbocycles. The van der Waals surface area contributed by atoms with Gasteiger partial charge in [0.15, 0.2) is 0 Å². The highest BCUT2D eigenvalue weighted by Crippen LogP contribution is 2.22. The molecule has 0 bridgehead atoms. The summed E-state index contributed by atoms with van der Waals surface area (Å²) in [5.41, 5.74) is 2.59. The van der Waals surface area contributed by atoms with E-state index < -0.39 is 0 Å². The highest BCUT2D eigenvalue weighted by Gasteiger charge is 2.22. The second-order valence-corrected chi connectivity index (χ2v) is 7.27. The fourth-order valence-corrected chi connectivity index (χ4v) is 3.90. The molecule has 3 aromatic rings. The number of aromatic nitrogens is 4. The van der Waals surface area contributed by atoms with E-state index in [1.165, 1.54) is 11.8 Å². The van der Waals surface area contributed by atoms with E-state index in [9.17, 15) is 4.79 Å². The van der Waals surface area contributed by atoms with Crippen LogP contribution in [0.1, 0.15) is 5.69 Å². The van der Waals surface area contributed by atoms with Gasteiger partial charge in [-0.1, -0.05) is 23.9 Å². The van der Waals surface area contributed by atoms with Crippen molar-refractivity contribution in [2.24, 2.45) is 0 Å². The number of aryl methyl sites for hydroxylation is 1. The lowest BCUT2D eigenvalue weighted by atomic mass is 10.3. The number of hydrogen-bond donors (Lipinski definition) is 0. The van der Waals surface area contributed by atoms with Gasteiger partial charge in [0.1, 0.15) is 5.03 Å². The van der Waals surface area contributed by atoms with Gasteiger partial charge in [-0.15, -0.1) is 0 Å². The monoisotopic (exact) mass is 380 g/mol. The number of piperazine rings is 1. The average molecular weight is 380 g/mol. The number of rotatable bonds is 4. The Morgan fingerprint density at radius 1 is 1.00 bits per heavy atom.